The maximum absolute atomic E-state index is 4.97. The molecule has 0 saturated heterocycles. The average molecular weight is 366 g/mol. The van der Waals surface area contributed by atoms with Gasteiger partial charge in [-0.3, -0.25) is 0 Å². The van der Waals surface area contributed by atoms with Gasteiger partial charge in [-0.05, 0) is 30.1 Å². The van der Waals surface area contributed by atoms with E-state index in [1.807, 2.05) is 0 Å². The van der Waals surface area contributed by atoms with Crippen molar-refractivity contribution >= 4 is 27.9 Å². The minimum atomic E-state index is -1.92. The van der Waals surface area contributed by atoms with E-state index in [2.05, 4.69) is 27.7 Å². The van der Waals surface area contributed by atoms with Crippen molar-refractivity contribution in [2.24, 2.45) is 23.7 Å². The third kappa shape index (κ3) is 13.0. The fraction of sp³-hybridized carbons (Fsp3) is 0.933. The van der Waals surface area contributed by atoms with Gasteiger partial charge in [0.2, 0.25) is 0 Å². The summed E-state index contributed by atoms with van der Waals surface area (Å²) in [7, 11) is 14.9. The molecule has 0 spiro atoms. The van der Waals surface area contributed by atoms with Gasteiger partial charge in [0.1, 0.15) is 0 Å². The third-order valence-corrected chi connectivity index (χ3v) is 4.10. The molecule has 19 heavy (non-hydrogen) atoms. The van der Waals surface area contributed by atoms with Crippen LogP contribution in [0, 0.1) is 31.1 Å². The summed E-state index contributed by atoms with van der Waals surface area (Å²) in [6, 6.07) is 0. The molecule has 1 aliphatic carbocycles. The van der Waals surface area contributed by atoms with Gasteiger partial charge in [-0.25, -0.2) is 0 Å². The fourth-order valence-corrected chi connectivity index (χ4v) is 3.16. The molecule has 0 atom stereocenters. The van der Waals surface area contributed by atoms with Gasteiger partial charge in [0.05, 0.1) is 0 Å². The summed E-state index contributed by atoms with van der Waals surface area (Å²) >= 11 is -1.92. The molecule has 0 aromatic heterocycles. The predicted molar refractivity (Wildman–Crippen MR) is 88.3 cm³/mol. The minimum absolute atomic E-state index is 0. The van der Waals surface area contributed by atoms with Crippen molar-refractivity contribution in [2.45, 2.75) is 66.2 Å². The molecule has 1 fully saturated rings. The van der Waals surface area contributed by atoms with E-state index in [1.54, 1.807) is 0 Å². The fourth-order valence-electron chi connectivity index (χ4n) is 3.16. The van der Waals surface area contributed by atoms with Gasteiger partial charge in [0.15, 0.2) is 0 Å². The third-order valence-electron chi connectivity index (χ3n) is 4.10. The Morgan fingerprint density at radius 3 is 1.63 bits per heavy atom. The Balaban J connectivity index is 0. The van der Waals surface area contributed by atoms with Crippen molar-refractivity contribution in [3.63, 3.8) is 0 Å². The van der Waals surface area contributed by atoms with E-state index in [-0.39, 0.29) is 7.43 Å². The zero-order valence-electron chi connectivity index (χ0n) is 13.2. The summed E-state index contributed by atoms with van der Waals surface area (Å²) in [5.41, 5.74) is 0. The van der Waals surface area contributed by atoms with Crippen molar-refractivity contribution in [3.05, 3.63) is 7.43 Å². The van der Waals surface area contributed by atoms with Crippen LogP contribution in [0.2, 0.25) is 0 Å². The van der Waals surface area contributed by atoms with Crippen LogP contribution in [0.1, 0.15) is 66.2 Å². The normalized spacial score (nSPS) is 15.5. The van der Waals surface area contributed by atoms with Crippen molar-refractivity contribution < 1.29 is 14.7 Å². The van der Waals surface area contributed by atoms with Crippen LogP contribution < -0.4 is 0 Å². The monoisotopic (exact) mass is 364 g/mol. The second kappa shape index (κ2) is 13.3. The number of rotatable bonds is 5. The number of hydrogen-bond acceptors (Lipinski definition) is 0. The molecule has 0 aromatic carbocycles. The van der Waals surface area contributed by atoms with E-state index in [9.17, 15) is 0 Å². The van der Waals surface area contributed by atoms with E-state index in [0.29, 0.717) is 0 Å². The first-order valence-corrected chi connectivity index (χ1v) is 13.6. The van der Waals surface area contributed by atoms with Crippen LogP contribution in [0.15, 0.2) is 0 Å². The molecule has 0 radical (unpaired) electrons. The van der Waals surface area contributed by atoms with E-state index in [4.69, 9.17) is 27.9 Å². The first-order valence-electron chi connectivity index (χ1n) is 7.18. The van der Waals surface area contributed by atoms with Gasteiger partial charge in [-0.1, -0.05) is 59.8 Å². The molecule has 0 heterocycles. The van der Waals surface area contributed by atoms with Crippen LogP contribution in [0.3, 0.4) is 0 Å². The zero-order valence-corrected chi connectivity index (χ0v) is 17.0. The molecule has 0 N–H and O–H groups in total. The molecule has 0 nitrogen and oxygen atoms in total. The van der Waals surface area contributed by atoms with E-state index in [0.717, 1.165) is 23.7 Å². The Kier molecular flexibility index (Phi) is 16.0. The van der Waals surface area contributed by atoms with Gasteiger partial charge < -0.3 is 7.43 Å². The van der Waals surface area contributed by atoms with Crippen LogP contribution in [0.25, 0.3) is 0 Å². The SMILES string of the molecule is CC(C)C(CCC1CCCC1)C(C)C.[CH3-].[Cl][Ti+]([Cl])[Cl]. The van der Waals surface area contributed by atoms with Crippen LogP contribution in [-0.4, -0.2) is 0 Å². The molecule has 0 aromatic rings. The van der Waals surface area contributed by atoms with E-state index in [1.165, 1.54) is 38.5 Å². The second-order valence-corrected chi connectivity index (χ2v) is 13.8. The summed E-state index contributed by atoms with van der Waals surface area (Å²) in [4.78, 5) is 0. The second-order valence-electron chi connectivity index (χ2n) is 6.09. The van der Waals surface area contributed by atoms with Crippen molar-refractivity contribution in [1.82, 2.24) is 0 Å². The molecule has 1 rings (SSSR count). The molecule has 0 amide bonds. The van der Waals surface area contributed by atoms with Crippen LogP contribution >= 0.6 is 27.9 Å². The Morgan fingerprint density at radius 1 is 0.947 bits per heavy atom. The topological polar surface area (TPSA) is 0 Å². The first kappa shape index (κ1) is 22.9. The molecule has 0 unspecified atom stereocenters. The van der Waals surface area contributed by atoms with Gasteiger partial charge in [-0.2, -0.15) is 0 Å². The van der Waals surface area contributed by atoms with Crippen LogP contribution in [0.4, 0.5) is 0 Å². The molecule has 0 aliphatic heterocycles. The molecule has 4 heteroatoms. The predicted octanol–water partition coefficient (Wildman–Crippen LogP) is 7.40. The first-order chi connectivity index (χ1) is 8.34. The summed E-state index contributed by atoms with van der Waals surface area (Å²) in [5, 5.41) is 0. The Hall–Kier alpha value is 1.58. The number of halogens is 3. The van der Waals surface area contributed by atoms with Crippen molar-refractivity contribution in [2.75, 3.05) is 0 Å². The molecule has 1 aliphatic rings. The summed E-state index contributed by atoms with van der Waals surface area (Å²) < 4.78 is 0. The average Bonchev–Trinajstić information content (AvgIpc) is 2.68. The quantitative estimate of drug-likeness (QED) is 0.351. The summed E-state index contributed by atoms with van der Waals surface area (Å²) in [6.45, 7) is 9.55. The van der Waals surface area contributed by atoms with Crippen molar-refractivity contribution in [1.29, 1.82) is 0 Å². The zero-order chi connectivity index (χ0) is 14.1. The van der Waals surface area contributed by atoms with Gasteiger partial charge >= 0.3 is 42.6 Å². The van der Waals surface area contributed by atoms with Crippen LogP contribution in [-0.2, 0) is 14.7 Å². The van der Waals surface area contributed by atoms with Crippen LogP contribution in [0.5, 0.6) is 0 Å². The Morgan fingerprint density at radius 2 is 1.32 bits per heavy atom. The Labute approximate surface area is 139 Å². The van der Waals surface area contributed by atoms with E-state index >= 15 is 0 Å². The van der Waals surface area contributed by atoms with Gasteiger partial charge in [-0.15, -0.1) is 0 Å². The van der Waals surface area contributed by atoms with Gasteiger partial charge in [0.25, 0.3) is 0 Å². The summed E-state index contributed by atoms with van der Waals surface area (Å²) in [5.74, 6) is 3.78. The van der Waals surface area contributed by atoms with Crippen molar-refractivity contribution in [3.8, 4) is 0 Å². The molecular weight excluding hydrogens is 334 g/mol. The standard InChI is InChI=1S/C14H28.CH3.3ClH.Ti/c1-11(2)14(12(3)4)10-9-13-7-5-6-8-13;;;;;/h11-14H,5-10H2,1-4H3;1H3;3*1H;/q;-1;;;;+4/p-3. The summed E-state index contributed by atoms with van der Waals surface area (Å²) in [6.07, 6.45) is 9.00. The van der Waals surface area contributed by atoms with E-state index < -0.39 is 14.7 Å². The maximum atomic E-state index is 4.97. The Bertz CT molecular complexity index is 179. The number of hydrogen-bond donors (Lipinski definition) is 0. The molecule has 1 saturated carbocycles. The molecular formula is C15H31Cl3Ti. The van der Waals surface area contributed by atoms with Gasteiger partial charge in [0, 0.05) is 0 Å². The molecule has 0 bridgehead atoms. The molecule has 116 valence electrons.